The summed E-state index contributed by atoms with van der Waals surface area (Å²) in [6.45, 7) is 1.60. The highest BCUT2D eigenvalue weighted by atomic mass is 32.1. The van der Waals surface area contributed by atoms with Crippen molar-refractivity contribution in [2.75, 3.05) is 5.43 Å². The highest BCUT2D eigenvalue weighted by Crippen LogP contribution is 2.29. The molecule has 0 amide bonds. The van der Waals surface area contributed by atoms with E-state index in [9.17, 15) is 25.0 Å². The average Bonchev–Trinajstić information content (AvgIpc) is 3.02. The first kappa shape index (κ1) is 17.0. The molecular weight excluding hydrogens is 340 g/mol. The Bertz CT molecular complexity index is 860. The number of aromatic carboxylic acids is 1. The lowest BCUT2D eigenvalue weighted by Crippen LogP contribution is -2.01. The Labute approximate surface area is 138 Å². The number of carboxylic acids is 1. The number of carbonyl (C=O) groups is 1. The van der Waals surface area contributed by atoms with Gasteiger partial charge in [-0.15, -0.1) is 11.3 Å². The third-order valence-electron chi connectivity index (χ3n) is 2.91. The minimum atomic E-state index is -1.06. The van der Waals surface area contributed by atoms with E-state index in [-0.39, 0.29) is 10.6 Å². The standard InChI is InChI=1S/C13H10N4O6S/c1-7(11-4-5-12(24-11)13(18)19)14-15-9-3-2-8(16(20)21)6-10(9)17(22)23/h2-6,15H,1H3,(H,18,19)/b14-7+. The first-order valence-electron chi connectivity index (χ1n) is 6.36. The average molecular weight is 350 g/mol. The quantitative estimate of drug-likeness (QED) is 0.462. The summed E-state index contributed by atoms with van der Waals surface area (Å²) >= 11 is 1.01. The summed E-state index contributed by atoms with van der Waals surface area (Å²) < 4.78 is 0. The largest absolute Gasteiger partial charge is 0.477 e. The van der Waals surface area contributed by atoms with Gasteiger partial charge in [0, 0.05) is 6.07 Å². The third kappa shape index (κ3) is 3.70. The molecule has 0 saturated carbocycles. The molecule has 0 aliphatic rings. The van der Waals surface area contributed by atoms with E-state index in [0.717, 1.165) is 23.5 Å². The van der Waals surface area contributed by atoms with Crippen molar-refractivity contribution in [3.05, 3.63) is 60.3 Å². The summed E-state index contributed by atoms with van der Waals surface area (Å²) in [5, 5.41) is 34.6. The lowest BCUT2D eigenvalue weighted by Gasteiger charge is -2.03. The van der Waals surface area contributed by atoms with E-state index in [0.29, 0.717) is 10.6 Å². The van der Waals surface area contributed by atoms with Gasteiger partial charge in [0.05, 0.1) is 26.5 Å². The Kier molecular flexibility index (Phi) is 4.84. The summed E-state index contributed by atoms with van der Waals surface area (Å²) in [4.78, 5) is 31.8. The van der Waals surface area contributed by atoms with Crippen molar-refractivity contribution in [2.45, 2.75) is 6.92 Å². The second-order valence-electron chi connectivity index (χ2n) is 4.49. The number of anilines is 1. The molecule has 10 nitrogen and oxygen atoms in total. The number of hydrogen-bond donors (Lipinski definition) is 2. The van der Waals surface area contributed by atoms with E-state index in [2.05, 4.69) is 10.5 Å². The molecule has 0 spiro atoms. The molecule has 0 saturated heterocycles. The highest BCUT2D eigenvalue weighted by Gasteiger charge is 2.19. The van der Waals surface area contributed by atoms with Gasteiger partial charge in [0.15, 0.2) is 0 Å². The van der Waals surface area contributed by atoms with Crippen molar-refractivity contribution in [3.8, 4) is 0 Å². The Balaban J connectivity index is 2.28. The fraction of sp³-hybridized carbons (Fsp3) is 0.0769. The molecule has 0 aliphatic carbocycles. The molecule has 0 aliphatic heterocycles. The molecule has 11 heteroatoms. The molecule has 2 N–H and O–H groups in total. The number of nitrogens with zero attached hydrogens (tertiary/aromatic N) is 3. The maximum Gasteiger partial charge on any atom is 0.345 e. The molecule has 0 fully saturated rings. The number of benzene rings is 1. The maximum atomic E-state index is 11.0. The van der Waals surface area contributed by atoms with Crippen molar-refractivity contribution in [1.82, 2.24) is 0 Å². The van der Waals surface area contributed by atoms with Crippen LogP contribution in [0.4, 0.5) is 17.1 Å². The van der Waals surface area contributed by atoms with Crippen LogP contribution in [0.25, 0.3) is 0 Å². The smallest absolute Gasteiger partial charge is 0.345 e. The summed E-state index contributed by atoms with van der Waals surface area (Å²) in [5.41, 5.74) is 1.99. The van der Waals surface area contributed by atoms with Gasteiger partial charge in [0.25, 0.3) is 5.69 Å². The predicted octanol–water partition coefficient (Wildman–Crippen LogP) is 3.10. The molecule has 124 valence electrons. The first-order valence-corrected chi connectivity index (χ1v) is 7.18. The normalized spacial score (nSPS) is 11.1. The van der Waals surface area contributed by atoms with Crippen LogP contribution in [0.2, 0.25) is 0 Å². The predicted molar refractivity (Wildman–Crippen MR) is 86.9 cm³/mol. The van der Waals surface area contributed by atoms with Gasteiger partial charge in [-0.25, -0.2) is 4.79 Å². The Morgan fingerprint density at radius 2 is 1.83 bits per heavy atom. The molecule has 24 heavy (non-hydrogen) atoms. The Morgan fingerprint density at radius 1 is 1.17 bits per heavy atom. The number of hydrazone groups is 1. The summed E-state index contributed by atoms with van der Waals surface area (Å²) in [7, 11) is 0. The molecule has 1 aromatic heterocycles. The van der Waals surface area contributed by atoms with E-state index in [1.165, 1.54) is 12.1 Å². The SMILES string of the molecule is C/C(=N\Nc1ccc([N+](=O)[O-])cc1[N+](=O)[O-])c1ccc(C(=O)O)s1. The van der Waals surface area contributed by atoms with Gasteiger partial charge in [-0.2, -0.15) is 5.10 Å². The second-order valence-corrected chi connectivity index (χ2v) is 5.58. The molecular formula is C13H10N4O6S. The first-order chi connectivity index (χ1) is 11.3. The van der Waals surface area contributed by atoms with Crippen LogP contribution in [-0.4, -0.2) is 26.6 Å². The molecule has 0 unspecified atom stereocenters. The zero-order chi connectivity index (χ0) is 17.9. The van der Waals surface area contributed by atoms with Gasteiger partial charge in [-0.3, -0.25) is 25.7 Å². The lowest BCUT2D eigenvalue weighted by molar-refractivity contribution is -0.393. The Morgan fingerprint density at radius 3 is 2.38 bits per heavy atom. The summed E-state index contributed by atoms with van der Waals surface area (Å²) in [6.07, 6.45) is 0. The number of non-ortho nitro benzene ring substituents is 1. The van der Waals surface area contributed by atoms with Crippen LogP contribution in [0.15, 0.2) is 35.4 Å². The zero-order valence-corrected chi connectivity index (χ0v) is 12.9. The molecule has 1 heterocycles. The van der Waals surface area contributed by atoms with Crippen molar-refractivity contribution in [2.24, 2.45) is 5.10 Å². The number of hydrogen-bond acceptors (Lipinski definition) is 8. The number of nitrogens with one attached hydrogen (secondary N) is 1. The van der Waals surface area contributed by atoms with Crippen LogP contribution in [0, 0.1) is 20.2 Å². The number of thiophene rings is 1. The molecule has 0 bridgehead atoms. The minimum Gasteiger partial charge on any atom is -0.477 e. The van der Waals surface area contributed by atoms with Crippen molar-refractivity contribution in [1.29, 1.82) is 0 Å². The van der Waals surface area contributed by atoms with Gasteiger partial charge >= 0.3 is 11.7 Å². The van der Waals surface area contributed by atoms with Gasteiger partial charge in [0.2, 0.25) is 0 Å². The van der Waals surface area contributed by atoms with E-state index in [1.54, 1.807) is 13.0 Å². The van der Waals surface area contributed by atoms with Crippen LogP contribution >= 0.6 is 11.3 Å². The molecule has 2 aromatic rings. The van der Waals surface area contributed by atoms with Crippen molar-refractivity contribution < 1.29 is 19.7 Å². The third-order valence-corrected chi connectivity index (χ3v) is 4.09. The maximum absolute atomic E-state index is 11.0. The molecule has 1 aromatic carbocycles. The monoisotopic (exact) mass is 350 g/mol. The van der Waals surface area contributed by atoms with Gasteiger partial charge in [0.1, 0.15) is 10.6 Å². The number of nitro groups is 2. The molecule has 0 atom stereocenters. The van der Waals surface area contributed by atoms with Crippen molar-refractivity contribution in [3.63, 3.8) is 0 Å². The van der Waals surface area contributed by atoms with E-state index in [4.69, 9.17) is 5.11 Å². The van der Waals surface area contributed by atoms with E-state index < -0.39 is 27.2 Å². The lowest BCUT2D eigenvalue weighted by atomic mass is 10.2. The van der Waals surface area contributed by atoms with Crippen LogP contribution in [0.1, 0.15) is 21.5 Å². The number of rotatable bonds is 6. The number of nitro benzene ring substituents is 2. The fourth-order valence-electron chi connectivity index (χ4n) is 1.73. The number of carboxylic acid groups (broad SMARTS) is 1. The van der Waals surface area contributed by atoms with E-state index in [1.807, 2.05) is 0 Å². The van der Waals surface area contributed by atoms with Crippen LogP contribution in [-0.2, 0) is 0 Å². The topological polar surface area (TPSA) is 148 Å². The van der Waals surface area contributed by atoms with Crippen LogP contribution in [0.5, 0.6) is 0 Å². The summed E-state index contributed by atoms with van der Waals surface area (Å²) in [5.74, 6) is -1.06. The van der Waals surface area contributed by atoms with Crippen LogP contribution < -0.4 is 5.43 Å². The van der Waals surface area contributed by atoms with Gasteiger partial charge in [-0.05, 0) is 25.1 Å². The summed E-state index contributed by atoms with van der Waals surface area (Å²) in [6, 6.07) is 6.13. The van der Waals surface area contributed by atoms with Crippen LogP contribution in [0.3, 0.4) is 0 Å². The Hall–Kier alpha value is -3.34. The molecule has 2 rings (SSSR count). The molecule has 0 radical (unpaired) electrons. The van der Waals surface area contributed by atoms with Gasteiger partial charge < -0.3 is 5.11 Å². The minimum absolute atomic E-state index is 0.0139. The fourth-order valence-corrected chi connectivity index (χ4v) is 2.52. The van der Waals surface area contributed by atoms with Gasteiger partial charge in [-0.1, -0.05) is 0 Å². The zero-order valence-electron chi connectivity index (χ0n) is 12.1. The van der Waals surface area contributed by atoms with E-state index >= 15 is 0 Å². The highest BCUT2D eigenvalue weighted by molar-refractivity contribution is 7.15. The van der Waals surface area contributed by atoms with Crippen molar-refractivity contribution >= 4 is 40.1 Å². The second kappa shape index (κ2) is 6.83.